The van der Waals surface area contributed by atoms with E-state index in [-0.39, 0.29) is 30.2 Å². The number of amides is 1. The van der Waals surface area contributed by atoms with Crippen LogP contribution in [0.5, 0.6) is 0 Å². The molecule has 0 unspecified atom stereocenters. The van der Waals surface area contributed by atoms with E-state index < -0.39 is 0 Å². The number of hydrogen-bond acceptors (Lipinski definition) is 7. The molecule has 2 saturated heterocycles. The summed E-state index contributed by atoms with van der Waals surface area (Å²) in [5.41, 5.74) is 3.12. The number of ether oxygens (including phenoxy) is 2. The molecule has 1 aromatic carbocycles. The highest BCUT2D eigenvalue weighted by Gasteiger charge is 2.49. The standard InChI is InChI=1S/C22H24N6O3/c1-27(2)15-8-6-14(7-9-15)22(29)24-18-12-30-21-19(13-31-20(18)21)28-11-17(25-26-28)16-5-3-4-10-23-16/h3-11,18-21H,12-13H2,1-2H3,(H,24,29)/t18-,19-,20+,21+/m0/s1. The number of fused-ring (bicyclic) bond motifs is 1. The van der Waals surface area contributed by atoms with Gasteiger partial charge in [-0.1, -0.05) is 11.3 Å². The van der Waals surface area contributed by atoms with Crippen LogP contribution < -0.4 is 10.2 Å². The number of rotatable bonds is 5. The van der Waals surface area contributed by atoms with E-state index in [1.165, 1.54) is 0 Å². The Kier molecular flexibility index (Phi) is 5.13. The molecule has 5 rings (SSSR count). The van der Waals surface area contributed by atoms with Gasteiger partial charge in [0.1, 0.15) is 23.9 Å². The van der Waals surface area contributed by atoms with E-state index in [4.69, 9.17) is 9.47 Å². The molecule has 2 aliphatic rings. The maximum absolute atomic E-state index is 12.7. The van der Waals surface area contributed by atoms with Crippen molar-refractivity contribution in [3.63, 3.8) is 0 Å². The average Bonchev–Trinajstić information content (AvgIpc) is 3.52. The van der Waals surface area contributed by atoms with Crippen molar-refractivity contribution in [3.05, 3.63) is 60.4 Å². The Hall–Kier alpha value is -3.30. The second-order valence-corrected chi connectivity index (χ2v) is 7.98. The van der Waals surface area contributed by atoms with Gasteiger partial charge in [0.25, 0.3) is 5.91 Å². The van der Waals surface area contributed by atoms with E-state index in [1.54, 1.807) is 10.9 Å². The Morgan fingerprint density at radius 2 is 1.87 bits per heavy atom. The van der Waals surface area contributed by atoms with Crippen molar-refractivity contribution in [1.82, 2.24) is 25.3 Å². The maximum atomic E-state index is 12.7. The van der Waals surface area contributed by atoms with Crippen LogP contribution in [0.15, 0.2) is 54.9 Å². The fourth-order valence-electron chi connectivity index (χ4n) is 4.06. The van der Waals surface area contributed by atoms with Gasteiger partial charge in [-0.2, -0.15) is 0 Å². The highest BCUT2D eigenvalue weighted by Crippen LogP contribution is 2.34. The summed E-state index contributed by atoms with van der Waals surface area (Å²) in [5, 5.41) is 11.6. The minimum Gasteiger partial charge on any atom is -0.378 e. The number of anilines is 1. The first-order valence-electron chi connectivity index (χ1n) is 10.2. The zero-order chi connectivity index (χ0) is 21.4. The molecule has 31 heavy (non-hydrogen) atoms. The van der Waals surface area contributed by atoms with Gasteiger partial charge in [-0.25, -0.2) is 4.68 Å². The monoisotopic (exact) mass is 420 g/mol. The predicted molar refractivity (Wildman–Crippen MR) is 114 cm³/mol. The molecule has 0 radical (unpaired) electrons. The van der Waals surface area contributed by atoms with E-state index in [2.05, 4.69) is 20.6 Å². The molecule has 4 atom stereocenters. The lowest BCUT2D eigenvalue weighted by Crippen LogP contribution is -2.44. The van der Waals surface area contributed by atoms with E-state index in [9.17, 15) is 4.79 Å². The number of benzene rings is 1. The topological polar surface area (TPSA) is 94.4 Å². The predicted octanol–water partition coefficient (Wildman–Crippen LogP) is 1.54. The van der Waals surface area contributed by atoms with Crippen LogP contribution in [0, 0.1) is 0 Å². The third-order valence-corrected chi connectivity index (χ3v) is 5.77. The molecule has 0 aliphatic carbocycles. The molecule has 4 heterocycles. The Labute approximate surface area is 180 Å². The molecule has 2 fully saturated rings. The Morgan fingerprint density at radius 1 is 1.06 bits per heavy atom. The van der Waals surface area contributed by atoms with Gasteiger partial charge in [0.05, 0.1) is 31.1 Å². The SMILES string of the molecule is CN(C)c1ccc(C(=O)N[C@H]2CO[C@H]3[C@@H]2OC[C@@H]3n2cc(-c3ccccn3)nn2)cc1. The highest BCUT2D eigenvalue weighted by atomic mass is 16.6. The molecule has 0 spiro atoms. The summed E-state index contributed by atoms with van der Waals surface area (Å²) in [5.74, 6) is -0.134. The van der Waals surface area contributed by atoms with Crippen LogP contribution >= 0.6 is 0 Å². The third-order valence-electron chi connectivity index (χ3n) is 5.77. The molecule has 3 aromatic rings. The van der Waals surface area contributed by atoms with Gasteiger partial charge >= 0.3 is 0 Å². The van der Waals surface area contributed by atoms with Crippen molar-refractivity contribution in [2.24, 2.45) is 0 Å². The Morgan fingerprint density at radius 3 is 2.61 bits per heavy atom. The van der Waals surface area contributed by atoms with Crippen molar-refractivity contribution in [2.75, 3.05) is 32.2 Å². The van der Waals surface area contributed by atoms with Crippen LogP contribution in [0.1, 0.15) is 16.4 Å². The molecule has 2 aromatic heterocycles. The largest absolute Gasteiger partial charge is 0.378 e. The van der Waals surface area contributed by atoms with Crippen LogP contribution in [-0.4, -0.2) is 71.4 Å². The smallest absolute Gasteiger partial charge is 0.251 e. The zero-order valence-electron chi connectivity index (χ0n) is 17.4. The minimum atomic E-state index is -0.225. The van der Waals surface area contributed by atoms with Gasteiger partial charge < -0.3 is 19.7 Å². The lowest BCUT2D eigenvalue weighted by atomic mass is 10.1. The van der Waals surface area contributed by atoms with Gasteiger partial charge in [0, 0.05) is 31.5 Å². The van der Waals surface area contributed by atoms with Gasteiger partial charge in [-0.05, 0) is 36.4 Å². The van der Waals surface area contributed by atoms with Crippen LogP contribution in [0.3, 0.4) is 0 Å². The van der Waals surface area contributed by atoms with Gasteiger partial charge in [-0.15, -0.1) is 5.10 Å². The van der Waals surface area contributed by atoms with Crippen molar-refractivity contribution >= 4 is 11.6 Å². The molecular weight excluding hydrogens is 396 g/mol. The average molecular weight is 420 g/mol. The number of nitrogens with one attached hydrogen (secondary N) is 1. The van der Waals surface area contributed by atoms with E-state index in [0.29, 0.717) is 24.5 Å². The van der Waals surface area contributed by atoms with Crippen molar-refractivity contribution < 1.29 is 14.3 Å². The molecule has 0 bridgehead atoms. The summed E-state index contributed by atoms with van der Waals surface area (Å²) in [4.78, 5) is 19.0. The Balaban J connectivity index is 1.25. The minimum absolute atomic E-state index is 0.101. The molecular formula is C22H24N6O3. The second kappa shape index (κ2) is 8.09. The molecule has 0 saturated carbocycles. The zero-order valence-corrected chi connectivity index (χ0v) is 17.4. The third kappa shape index (κ3) is 3.77. The summed E-state index contributed by atoms with van der Waals surface area (Å²) < 4.78 is 13.8. The maximum Gasteiger partial charge on any atom is 0.251 e. The van der Waals surface area contributed by atoms with E-state index in [1.807, 2.05) is 67.7 Å². The normalized spacial score (nSPS) is 24.7. The van der Waals surface area contributed by atoms with Crippen LogP contribution in [-0.2, 0) is 9.47 Å². The molecule has 2 aliphatic heterocycles. The van der Waals surface area contributed by atoms with Crippen molar-refractivity contribution in [2.45, 2.75) is 24.3 Å². The van der Waals surface area contributed by atoms with Crippen molar-refractivity contribution in [3.8, 4) is 11.4 Å². The summed E-state index contributed by atoms with van der Waals surface area (Å²) in [6.07, 6.45) is 3.17. The number of aromatic nitrogens is 4. The van der Waals surface area contributed by atoms with E-state index in [0.717, 1.165) is 11.4 Å². The molecule has 9 heteroatoms. The second-order valence-electron chi connectivity index (χ2n) is 7.98. The molecule has 9 nitrogen and oxygen atoms in total. The van der Waals surface area contributed by atoms with Gasteiger partial charge in [-0.3, -0.25) is 9.78 Å². The number of pyridine rings is 1. The number of nitrogens with zero attached hydrogens (tertiary/aromatic N) is 5. The lowest BCUT2D eigenvalue weighted by molar-refractivity contribution is 0.0613. The quantitative estimate of drug-likeness (QED) is 0.669. The van der Waals surface area contributed by atoms with Gasteiger partial charge in [0.2, 0.25) is 0 Å². The first kappa shape index (κ1) is 19.7. The summed E-state index contributed by atoms with van der Waals surface area (Å²) in [7, 11) is 3.93. The number of carbonyl (C=O) groups excluding carboxylic acids is 1. The van der Waals surface area contributed by atoms with Gasteiger partial charge in [0.15, 0.2) is 0 Å². The van der Waals surface area contributed by atoms with Crippen molar-refractivity contribution in [1.29, 1.82) is 0 Å². The van der Waals surface area contributed by atoms with Crippen LogP contribution in [0.2, 0.25) is 0 Å². The lowest BCUT2D eigenvalue weighted by Gasteiger charge is -2.18. The number of carbonyl (C=O) groups is 1. The highest BCUT2D eigenvalue weighted by molar-refractivity contribution is 5.94. The number of hydrogen-bond donors (Lipinski definition) is 1. The summed E-state index contributed by atoms with van der Waals surface area (Å²) in [6.45, 7) is 0.847. The summed E-state index contributed by atoms with van der Waals surface area (Å²) in [6, 6.07) is 12.9. The fourth-order valence-corrected chi connectivity index (χ4v) is 4.06. The van der Waals surface area contributed by atoms with Crippen LogP contribution in [0.25, 0.3) is 11.4 Å². The van der Waals surface area contributed by atoms with E-state index >= 15 is 0 Å². The fraction of sp³-hybridized carbons (Fsp3) is 0.364. The van der Waals surface area contributed by atoms with Crippen LogP contribution in [0.4, 0.5) is 5.69 Å². The molecule has 160 valence electrons. The Bertz CT molecular complexity index is 1050. The molecule has 1 N–H and O–H groups in total. The first-order valence-corrected chi connectivity index (χ1v) is 10.2. The summed E-state index contributed by atoms with van der Waals surface area (Å²) >= 11 is 0. The first-order chi connectivity index (χ1) is 15.1. The molecule has 1 amide bonds.